The molecule has 102 valence electrons. The Morgan fingerprint density at radius 1 is 1.37 bits per heavy atom. The number of hydrogen-bond donors (Lipinski definition) is 3. The molecule has 1 unspecified atom stereocenters. The summed E-state index contributed by atoms with van der Waals surface area (Å²) >= 11 is 0. The van der Waals surface area contributed by atoms with E-state index in [4.69, 9.17) is 0 Å². The van der Waals surface area contributed by atoms with Crippen LogP contribution in [0.2, 0.25) is 0 Å². The molecule has 1 atom stereocenters. The predicted octanol–water partition coefficient (Wildman–Crippen LogP) is 1.16. The highest BCUT2D eigenvalue weighted by atomic mass is 16.3. The van der Waals surface area contributed by atoms with Gasteiger partial charge in [-0.25, -0.2) is 0 Å². The van der Waals surface area contributed by atoms with Crippen molar-refractivity contribution in [3.8, 4) is 0 Å². The Balaban J connectivity index is 1.51. The zero-order valence-electron chi connectivity index (χ0n) is 10.9. The Bertz CT molecular complexity index is 469. The second-order valence-corrected chi connectivity index (χ2v) is 5.68. The minimum Gasteiger partial charge on any atom is -0.393 e. The Morgan fingerprint density at radius 3 is 2.95 bits per heavy atom. The van der Waals surface area contributed by atoms with Crippen LogP contribution in [0.5, 0.6) is 0 Å². The van der Waals surface area contributed by atoms with Crippen LogP contribution in [0.25, 0.3) is 0 Å². The van der Waals surface area contributed by atoms with Crippen molar-refractivity contribution in [2.24, 2.45) is 11.8 Å². The summed E-state index contributed by atoms with van der Waals surface area (Å²) in [6.45, 7) is 1.41. The van der Waals surface area contributed by atoms with Gasteiger partial charge in [-0.3, -0.25) is 4.79 Å². The van der Waals surface area contributed by atoms with Crippen LogP contribution < -0.4 is 10.6 Å². The summed E-state index contributed by atoms with van der Waals surface area (Å²) in [4.78, 5) is 12.1. The number of carbonyl (C=O) groups excluding carboxylic acids is 1. The molecular formula is C15H20N2O2. The SMILES string of the molecule is O=C(NCC1CC(O)C1)C1CNc2ccccc2C1. The highest BCUT2D eigenvalue weighted by Gasteiger charge is 2.29. The summed E-state index contributed by atoms with van der Waals surface area (Å²) in [5.74, 6) is 0.603. The number of nitrogens with one attached hydrogen (secondary N) is 2. The molecule has 4 heteroatoms. The van der Waals surface area contributed by atoms with E-state index < -0.39 is 0 Å². The van der Waals surface area contributed by atoms with Gasteiger partial charge in [-0.2, -0.15) is 0 Å². The molecule has 0 spiro atoms. The molecule has 1 saturated carbocycles. The van der Waals surface area contributed by atoms with Crippen molar-refractivity contribution < 1.29 is 9.90 Å². The molecule has 1 aromatic carbocycles. The number of aliphatic hydroxyl groups excluding tert-OH is 1. The van der Waals surface area contributed by atoms with Crippen LogP contribution in [-0.2, 0) is 11.2 Å². The van der Waals surface area contributed by atoms with Crippen LogP contribution in [0.1, 0.15) is 18.4 Å². The molecule has 3 N–H and O–H groups in total. The van der Waals surface area contributed by atoms with Gasteiger partial charge in [0.2, 0.25) is 5.91 Å². The highest BCUT2D eigenvalue weighted by Crippen LogP contribution is 2.27. The molecule has 1 amide bonds. The number of para-hydroxylation sites is 1. The lowest BCUT2D eigenvalue weighted by Gasteiger charge is -2.32. The summed E-state index contributed by atoms with van der Waals surface area (Å²) in [5, 5.41) is 15.5. The minimum absolute atomic E-state index is 0.0138. The molecule has 1 aliphatic carbocycles. The monoisotopic (exact) mass is 260 g/mol. The number of rotatable bonds is 3. The van der Waals surface area contributed by atoms with E-state index in [0.29, 0.717) is 19.0 Å². The summed E-state index contributed by atoms with van der Waals surface area (Å²) < 4.78 is 0. The van der Waals surface area contributed by atoms with Gasteiger partial charge in [0.05, 0.1) is 12.0 Å². The third kappa shape index (κ3) is 2.73. The van der Waals surface area contributed by atoms with Gasteiger partial charge in [-0.15, -0.1) is 0 Å². The molecule has 4 nitrogen and oxygen atoms in total. The van der Waals surface area contributed by atoms with Crippen molar-refractivity contribution in [1.82, 2.24) is 5.32 Å². The molecule has 2 aliphatic rings. The number of amides is 1. The molecule has 1 heterocycles. The third-order valence-electron chi connectivity index (χ3n) is 4.17. The summed E-state index contributed by atoms with van der Waals surface area (Å²) in [5.41, 5.74) is 2.36. The second-order valence-electron chi connectivity index (χ2n) is 5.68. The average Bonchev–Trinajstić information content (AvgIpc) is 2.41. The van der Waals surface area contributed by atoms with Crippen molar-refractivity contribution >= 4 is 11.6 Å². The van der Waals surface area contributed by atoms with E-state index >= 15 is 0 Å². The fraction of sp³-hybridized carbons (Fsp3) is 0.533. The number of benzene rings is 1. The molecule has 1 aliphatic heterocycles. The molecule has 0 bridgehead atoms. The van der Waals surface area contributed by atoms with Crippen LogP contribution in [-0.4, -0.2) is 30.2 Å². The molecular weight excluding hydrogens is 240 g/mol. The van der Waals surface area contributed by atoms with Gasteiger partial charge in [0.1, 0.15) is 0 Å². The first-order chi connectivity index (χ1) is 9.22. The smallest absolute Gasteiger partial charge is 0.225 e. The predicted molar refractivity (Wildman–Crippen MR) is 73.9 cm³/mol. The van der Waals surface area contributed by atoms with Gasteiger partial charge in [0.15, 0.2) is 0 Å². The Labute approximate surface area is 113 Å². The molecule has 19 heavy (non-hydrogen) atoms. The quantitative estimate of drug-likeness (QED) is 0.764. The lowest BCUT2D eigenvalue weighted by atomic mass is 9.82. The number of hydrogen-bond acceptors (Lipinski definition) is 3. The minimum atomic E-state index is -0.148. The molecule has 0 aromatic heterocycles. The Kier molecular flexibility index (Phi) is 3.42. The molecule has 0 saturated heterocycles. The maximum absolute atomic E-state index is 12.1. The van der Waals surface area contributed by atoms with Crippen LogP contribution in [0.4, 0.5) is 5.69 Å². The molecule has 1 aromatic rings. The third-order valence-corrected chi connectivity index (χ3v) is 4.17. The van der Waals surface area contributed by atoms with E-state index in [1.54, 1.807) is 0 Å². The first-order valence-electron chi connectivity index (χ1n) is 7.00. The first kappa shape index (κ1) is 12.5. The van der Waals surface area contributed by atoms with Gasteiger partial charge in [-0.05, 0) is 36.8 Å². The first-order valence-corrected chi connectivity index (χ1v) is 7.00. The van der Waals surface area contributed by atoms with E-state index in [1.807, 2.05) is 12.1 Å². The van der Waals surface area contributed by atoms with Gasteiger partial charge in [0.25, 0.3) is 0 Å². The van der Waals surface area contributed by atoms with Crippen molar-refractivity contribution in [2.75, 3.05) is 18.4 Å². The number of anilines is 1. The number of fused-ring (bicyclic) bond motifs is 1. The largest absolute Gasteiger partial charge is 0.393 e. The summed E-state index contributed by atoms with van der Waals surface area (Å²) in [7, 11) is 0. The van der Waals surface area contributed by atoms with Gasteiger partial charge in [-0.1, -0.05) is 18.2 Å². The maximum atomic E-state index is 12.1. The van der Waals surface area contributed by atoms with E-state index in [2.05, 4.69) is 22.8 Å². The van der Waals surface area contributed by atoms with Crippen LogP contribution in [0.3, 0.4) is 0 Å². The van der Waals surface area contributed by atoms with Crippen LogP contribution >= 0.6 is 0 Å². The van der Waals surface area contributed by atoms with E-state index in [-0.39, 0.29) is 17.9 Å². The van der Waals surface area contributed by atoms with E-state index in [9.17, 15) is 9.90 Å². The van der Waals surface area contributed by atoms with E-state index in [1.165, 1.54) is 5.56 Å². The lowest BCUT2D eigenvalue weighted by Crippen LogP contribution is -2.43. The Hall–Kier alpha value is -1.55. The molecule has 1 fully saturated rings. The second kappa shape index (κ2) is 5.21. The van der Waals surface area contributed by atoms with Crippen LogP contribution in [0.15, 0.2) is 24.3 Å². The fourth-order valence-electron chi connectivity index (χ4n) is 2.88. The van der Waals surface area contributed by atoms with Crippen molar-refractivity contribution in [3.63, 3.8) is 0 Å². The van der Waals surface area contributed by atoms with E-state index in [0.717, 1.165) is 24.9 Å². The van der Waals surface area contributed by atoms with Gasteiger partial charge in [0, 0.05) is 18.8 Å². The molecule has 0 radical (unpaired) electrons. The summed E-state index contributed by atoms with van der Waals surface area (Å²) in [6.07, 6.45) is 2.31. The fourth-order valence-corrected chi connectivity index (χ4v) is 2.88. The summed E-state index contributed by atoms with van der Waals surface area (Å²) in [6, 6.07) is 8.15. The highest BCUT2D eigenvalue weighted by molar-refractivity contribution is 5.80. The van der Waals surface area contributed by atoms with Gasteiger partial charge >= 0.3 is 0 Å². The Morgan fingerprint density at radius 2 is 2.16 bits per heavy atom. The standard InChI is InChI=1S/C15H20N2O2/c18-13-5-10(6-13)8-17-15(19)12-7-11-3-1-2-4-14(11)16-9-12/h1-4,10,12-13,16,18H,5-9H2,(H,17,19). The zero-order valence-corrected chi connectivity index (χ0v) is 10.9. The van der Waals surface area contributed by atoms with Crippen molar-refractivity contribution in [3.05, 3.63) is 29.8 Å². The lowest BCUT2D eigenvalue weighted by molar-refractivity contribution is -0.125. The zero-order chi connectivity index (χ0) is 13.2. The normalized spacial score (nSPS) is 28.8. The van der Waals surface area contributed by atoms with Crippen molar-refractivity contribution in [1.29, 1.82) is 0 Å². The maximum Gasteiger partial charge on any atom is 0.225 e. The van der Waals surface area contributed by atoms with Crippen molar-refractivity contribution in [2.45, 2.75) is 25.4 Å². The van der Waals surface area contributed by atoms with Crippen LogP contribution in [0, 0.1) is 11.8 Å². The number of carbonyl (C=O) groups is 1. The van der Waals surface area contributed by atoms with Gasteiger partial charge < -0.3 is 15.7 Å². The average molecular weight is 260 g/mol. The number of aliphatic hydroxyl groups is 1. The molecule has 3 rings (SSSR count). The topological polar surface area (TPSA) is 61.4 Å².